The van der Waals surface area contributed by atoms with Crippen molar-refractivity contribution in [1.82, 2.24) is 4.90 Å². The summed E-state index contributed by atoms with van der Waals surface area (Å²) in [4.78, 5) is 2.52. The number of ether oxygens (including phenoxy) is 1. The molecule has 3 nitrogen and oxygen atoms in total. The Labute approximate surface area is 223 Å². The molecule has 1 aliphatic heterocycles. The maximum absolute atomic E-state index is 12.2. The Bertz CT molecular complexity index is 1160. The number of nitriles is 1. The third kappa shape index (κ3) is 10.1. The van der Waals surface area contributed by atoms with Crippen LogP contribution in [-0.4, -0.2) is 25.1 Å². The smallest absolute Gasteiger partial charge is 0.416 e. The van der Waals surface area contributed by atoms with Crippen molar-refractivity contribution >= 4 is 11.6 Å². The Morgan fingerprint density at radius 1 is 1.08 bits per heavy atom. The molecule has 4 rings (SSSR count). The molecule has 198 valence electrons. The average molecular weight is 531 g/mol. The van der Waals surface area contributed by atoms with Crippen LogP contribution in [0, 0.1) is 24.2 Å². The van der Waals surface area contributed by atoms with Crippen LogP contribution in [0.4, 0.5) is 13.2 Å². The van der Waals surface area contributed by atoms with Crippen LogP contribution in [0.15, 0.2) is 66.7 Å². The zero-order chi connectivity index (χ0) is 27.4. The van der Waals surface area contributed by atoms with E-state index < -0.39 is 11.7 Å². The lowest BCUT2D eigenvalue weighted by atomic mass is 10.1. The van der Waals surface area contributed by atoms with Crippen LogP contribution in [-0.2, 0) is 19.1 Å². The first kappa shape index (κ1) is 30.2. The van der Waals surface area contributed by atoms with Gasteiger partial charge >= 0.3 is 6.18 Å². The Balaban J connectivity index is 0.000000200. The van der Waals surface area contributed by atoms with Crippen LogP contribution in [0.5, 0.6) is 5.75 Å². The number of methoxy groups -OCH3 is 1. The van der Waals surface area contributed by atoms with Crippen LogP contribution in [0.25, 0.3) is 0 Å². The largest absolute Gasteiger partial charge is 0.497 e. The van der Waals surface area contributed by atoms with Gasteiger partial charge in [0.2, 0.25) is 0 Å². The summed E-state index contributed by atoms with van der Waals surface area (Å²) in [7, 11) is 1.71. The highest BCUT2D eigenvalue weighted by Gasteiger charge is 2.32. The van der Waals surface area contributed by atoms with Crippen molar-refractivity contribution < 1.29 is 17.9 Å². The third-order valence-electron chi connectivity index (χ3n) is 6.02. The molecule has 0 radical (unpaired) electrons. The van der Waals surface area contributed by atoms with Gasteiger partial charge in [-0.1, -0.05) is 61.8 Å². The number of aryl methyl sites for hydroxylation is 2. The standard InChI is InChI=1S/C13H19NO.C9H9F3.C8H6ClN/c1-11-7-8-14(9-11)10-12-3-5-13(15-2)6-4-12;1-2-7-5-3-4-6-8(7)9(10,11)12;1-6-2-3-7(5-10)8(9)4-6/h3-6,11H,7-10H2,1-2H3;3-6H,2H2,1H3;2-4H,1H3. The predicted octanol–water partition coefficient (Wildman–Crippen LogP) is 8.32. The van der Waals surface area contributed by atoms with Gasteiger partial charge in [-0.05, 0) is 79.3 Å². The van der Waals surface area contributed by atoms with E-state index in [-0.39, 0.29) is 0 Å². The lowest BCUT2D eigenvalue weighted by molar-refractivity contribution is -0.138. The summed E-state index contributed by atoms with van der Waals surface area (Å²) >= 11 is 5.71. The van der Waals surface area contributed by atoms with E-state index in [4.69, 9.17) is 21.6 Å². The molecule has 1 saturated heterocycles. The zero-order valence-electron chi connectivity index (χ0n) is 21.8. The fourth-order valence-electron chi connectivity index (χ4n) is 3.98. The molecule has 1 unspecified atom stereocenters. The van der Waals surface area contributed by atoms with Crippen molar-refractivity contribution in [2.24, 2.45) is 5.92 Å². The molecule has 3 aromatic rings. The minimum absolute atomic E-state index is 0.352. The van der Waals surface area contributed by atoms with Gasteiger partial charge in [-0.25, -0.2) is 0 Å². The van der Waals surface area contributed by atoms with Gasteiger partial charge in [0, 0.05) is 13.1 Å². The van der Waals surface area contributed by atoms with Gasteiger partial charge in [0.1, 0.15) is 11.8 Å². The molecule has 1 atom stereocenters. The van der Waals surface area contributed by atoms with Crippen molar-refractivity contribution in [1.29, 1.82) is 5.26 Å². The number of likely N-dealkylation sites (tertiary alicyclic amines) is 1. The Hall–Kier alpha value is -3.01. The average Bonchev–Trinajstić information content (AvgIpc) is 3.29. The summed E-state index contributed by atoms with van der Waals surface area (Å²) in [6.45, 7) is 9.54. The summed E-state index contributed by atoms with van der Waals surface area (Å²) in [5.41, 5.74) is 2.82. The van der Waals surface area contributed by atoms with E-state index in [1.807, 2.05) is 31.2 Å². The number of benzene rings is 3. The van der Waals surface area contributed by atoms with E-state index in [9.17, 15) is 13.2 Å². The summed E-state index contributed by atoms with van der Waals surface area (Å²) in [6.07, 6.45) is -2.46. The molecule has 0 saturated carbocycles. The monoisotopic (exact) mass is 530 g/mol. The molecule has 0 aromatic heterocycles. The fourth-order valence-corrected chi connectivity index (χ4v) is 4.25. The Morgan fingerprint density at radius 3 is 2.24 bits per heavy atom. The molecule has 1 aliphatic rings. The molecule has 1 fully saturated rings. The number of alkyl halides is 3. The molecule has 3 aromatic carbocycles. The zero-order valence-corrected chi connectivity index (χ0v) is 22.5. The van der Waals surface area contributed by atoms with Crippen molar-refractivity contribution in [3.63, 3.8) is 0 Å². The quantitative estimate of drug-likeness (QED) is 0.340. The Morgan fingerprint density at radius 2 is 1.76 bits per heavy atom. The molecule has 1 heterocycles. The molecule has 7 heteroatoms. The van der Waals surface area contributed by atoms with Gasteiger partial charge in [0.15, 0.2) is 0 Å². The second-order valence-corrected chi connectivity index (χ2v) is 9.49. The predicted molar refractivity (Wildman–Crippen MR) is 144 cm³/mol. The number of nitrogens with zero attached hydrogens (tertiary/aromatic N) is 2. The molecule has 0 aliphatic carbocycles. The van der Waals surface area contributed by atoms with E-state index in [0.29, 0.717) is 22.6 Å². The van der Waals surface area contributed by atoms with Gasteiger partial charge in [-0.15, -0.1) is 0 Å². The number of hydrogen-bond donors (Lipinski definition) is 0. The van der Waals surface area contributed by atoms with E-state index >= 15 is 0 Å². The van der Waals surface area contributed by atoms with Crippen LogP contribution < -0.4 is 4.74 Å². The van der Waals surface area contributed by atoms with E-state index in [1.165, 1.54) is 37.2 Å². The Kier molecular flexibility index (Phi) is 12.0. The van der Waals surface area contributed by atoms with E-state index in [1.54, 1.807) is 32.2 Å². The van der Waals surface area contributed by atoms with Crippen LogP contribution >= 0.6 is 11.6 Å². The maximum Gasteiger partial charge on any atom is 0.416 e. The minimum Gasteiger partial charge on any atom is -0.497 e. The van der Waals surface area contributed by atoms with Crippen molar-refractivity contribution in [3.8, 4) is 11.8 Å². The molecule has 37 heavy (non-hydrogen) atoms. The molecule has 0 bridgehead atoms. The fraction of sp³-hybridized carbons (Fsp3) is 0.367. The van der Waals surface area contributed by atoms with Gasteiger partial charge in [-0.3, -0.25) is 4.90 Å². The summed E-state index contributed by atoms with van der Waals surface area (Å²) in [5.74, 6) is 1.80. The topological polar surface area (TPSA) is 36.3 Å². The molecular formula is C30H34ClF3N2O. The molecular weight excluding hydrogens is 497 g/mol. The van der Waals surface area contributed by atoms with Gasteiger partial charge in [0.25, 0.3) is 0 Å². The molecule has 0 spiro atoms. The number of rotatable bonds is 4. The van der Waals surface area contributed by atoms with Crippen molar-refractivity contribution in [2.75, 3.05) is 20.2 Å². The van der Waals surface area contributed by atoms with Crippen LogP contribution in [0.3, 0.4) is 0 Å². The van der Waals surface area contributed by atoms with Crippen LogP contribution in [0.1, 0.15) is 48.1 Å². The first-order chi connectivity index (χ1) is 17.6. The van der Waals surface area contributed by atoms with Gasteiger partial charge in [0.05, 0.1) is 23.3 Å². The lowest BCUT2D eigenvalue weighted by Crippen LogP contribution is -2.19. The number of hydrogen-bond acceptors (Lipinski definition) is 3. The van der Waals surface area contributed by atoms with Gasteiger partial charge in [-0.2, -0.15) is 18.4 Å². The maximum atomic E-state index is 12.2. The lowest BCUT2D eigenvalue weighted by Gasteiger charge is -2.15. The SMILES string of the molecule is CCc1ccccc1C(F)(F)F.COc1ccc(CN2CCC(C)C2)cc1.Cc1ccc(C#N)c(Cl)c1. The highest BCUT2D eigenvalue weighted by molar-refractivity contribution is 6.31. The first-order valence-corrected chi connectivity index (χ1v) is 12.6. The van der Waals surface area contributed by atoms with E-state index in [0.717, 1.165) is 29.8 Å². The summed E-state index contributed by atoms with van der Waals surface area (Å²) in [5, 5.41) is 9.00. The summed E-state index contributed by atoms with van der Waals surface area (Å²) in [6, 6.07) is 21.4. The molecule has 0 amide bonds. The van der Waals surface area contributed by atoms with Crippen molar-refractivity contribution in [2.45, 2.75) is 46.3 Å². The minimum atomic E-state index is -4.22. The normalized spacial score (nSPS) is 15.1. The highest BCUT2D eigenvalue weighted by Crippen LogP contribution is 2.31. The van der Waals surface area contributed by atoms with Crippen molar-refractivity contribution in [3.05, 3.63) is 99.6 Å². The van der Waals surface area contributed by atoms with Crippen LogP contribution in [0.2, 0.25) is 5.02 Å². The first-order valence-electron chi connectivity index (χ1n) is 12.2. The number of halogens is 4. The highest BCUT2D eigenvalue weighted by atomic mass is 35.5. The van der Waals surface area contributed by atoms with E-state index in [2.05, 4.69) is 24.0 Å². The second kappa shape index (κ2) is 14.7. The van der Waals surface area contributed by atoms with Gasteiger partial charge < -0.3 is 4.74 Å². The summed E-state index contributed by atoms with van der Waals surface area (Å²) < 4.78 is 41.8. The molecule has 0 N–H and O–H groups in total. The second-order valence-electron chi connectivity index (χ2n) is 9.08. The third-order valence-corrected chi connectivity index (χ3v) is 6.33.